The third kappa shape index (κ3) is 5.41. The zero-order valence-electron chi connectivity index (χ0n) is 18.2. The first-order valence-corrected chi connectivity index (χ1v) is 10.6. The number of imidazole rings is 1. The Bertz CT molecular complexity index is 1240. The van der Waals surface area contributed by atoms with Gasteiger partial charge in [0.25, 0.3) is 0 Å². The van der Waals surface area contributed by atoms with Crippen molar-refractivity contribution in [2.45, 2.75) is 19.0 Å². The molecule has 33 heavy (non-hydrogen) atoms. The smallest absolute Gasteiger partial charge is 0.315 e. The summed E-state index contributed by atoms with van der Waals surface area (Å²) in [6.07, 6.45) is 2.30. The molecule has 0 aliphatic carbocycles. The summed E-state index contributed by atoms with van der Waals surface area (Å²) < 4.78 is 20.5. The van der Waals surface area contributed by atoms with Crippen LogP contribution in [0, 0.1) is 5.82 Å². The maximum Gasteiger partial charge on any atom is 0.315 e. The van der Waals surface area contributed by atoms with Gasteiger partial charge in [-0.05, 0) is 53.9 Å². The van der Waals surface area contributed by atoms with Gasteiger partial charge in [0, 0.05) is 13.1 Å². The van der Waals surface area contributed by atoms with Gasteiger partial charge < -0.3 is 25.0 Å². The molecular weight excluding hydrogens is 423 g/mol. The lowest BCUT2D eigenvalue weighted by atomic mass is 10.1. The van der Waals surface area contributed by atoms with Crippen LogP contribution in [-0.4, -0.2) is 34.3 Å². The molecular formula is C25H25FN4O3. The number of carbonyl (C=O) groups is 1. The van der Waals surface area contributed by atoms with Gasteiger partial charge in [-0.1, -0.05) is 30.3 Å². The van der Waals surface area contributed by atoms with Gasteiger partial charge >= 0.3 is 6.03 Å². The number of phenols is 1. The molecule has 1 atom stereocenters. The summed E-state index contributed by atoms with van der Waals surface area (Å²) in [7, 11) is 1.49. The predicted molar refractivity (Wildman–Crippen MR) is 124 cm³/mol. The fourth-order valence-electron chi connectivity index (χ4n) is 3.69. The van der Waals surface area contributed by atoms with Gasteiger partial charge in [0.1, 0.15) is 5.82 Å². The van der Waals surface area contributed by atoms with Crippen LogP contribution in [0.3, 0.4) is 0 Å². The van der Waals surface area contributed by atoms with Crippen LogP contribution in [0.2, 0.25) is 0 Å². The van der Waals surface area contributed by atoms with E-state index < -0.39 is 6.04 Å². The molecule has 0 aliphatic rings. The summed E-state index contributed by atoms with van der Waals surface area (Å²) in [5, 5.41) is 15.6. The summed E-state index contributed by atoms with van der Waals surface area (Å²) in [5.41, 5.74) is 3.52. The van der Waals surface area contributed by atoms with Crippen molar-refractivity contribution >= 4 is 17.1 Å². The van der Waals surface area contributed by atoms with Crippen molar-refractivity contribution in [1.82, 2.24) is 20.2 Å². The topological polar surface area (TPSA) is 88.4 Å². The Morgan fingerprint density at radius 3 is 2.73 bits per heavy atom. The minimum absolute atomic E-state index is 0.0705. The number of nitrogens with one attached hydrogen (secondary N) is 2. The second kappa shape index (κ2) is 10.0. The third-order valence-corrected chi connectivity index (χ3v) is 5.43. The molecule has 0 bridgehead atoms. The Balaban J connectivity index is 1.43. The number of aromatic nitrogens is 2. The molecule has 3 N–H and O–H groups in total. The number of urea groups is 1. The standard InChI is InChI=1S/C25H25FN4O3/c1-33-24-14-17(6-11-23(24)31)12-13-27-25(32)29-21(18-7-9-19(26)10-8-18)15-30-16-28-20-4-2-3-5-22(20)30/h2-11,14,16,21,31H,12-13,15H2,1H3,(H2,27,29,32). The highest BCUT2D eigenvalue weighted by molar-refractivity contribution is 5.76. The Kier molecular flexibility index (Phi) is 6.73. The van der Waals surface area contributed by atoms with Crippen LogP contribution in [-0.2, 0) is 13.0 Å². The van der Waals surface area contributed by atoms with Crippen molar-refractivity contribution in [3.05, 3.63) is 90.0 Å². The van der Waals surface area contributed by atoms with Gasteiger partial charge in [-0.3, -0.25) is 0 Å². The molecule has 7 nitrogen and oxygen atoms in total. The van der Waals surface area contributed by atoms with Gasteiger partial charge in [0.05, 0.1) is 30.5 Å². The van der Waals surface area contributed by atoms with Crippen LogP contribution in [0.4, 0.5) is 9.18 Å². The zero-order chi connectivity index (χ0) is 23.2. The second-order valence-electron chi connectivity index (χ2n) is 7.65. The van der Waals surface area contributed by atoms with Crippen molar-refractivity contribution in [3.63, 3.8) is 0 Å². The molecule has 170 valence electrons. The van der Waals surface area contributed by atoms with Crippen molar-refractivity contribution in [2.75, 3.05) is 13.7 Å². The third-order valence-electron chi connectivity index (χ3n) is 5.43. The van der Waals surface area contributed by atoms with Crippen LogP contribution in [0.5, 0.6) is 11.5 Å². The fourth-order valence-corrected chi connectivity index (χ4v) is 3.69. The summed E-state index contributed by atoms with van der Waals surface area (Å²) in [6, 6.07) is 18.2. The van der Waals surface area contributed by atoms with E-state index in [2.05, 4.69) is 15.6 Å². The molecule has 1 heterocycles. The summed E-state index contributed by atoms with van der Waals surface area (Å²) in [6.45, 7) is 0.832. The SMILES string of the molecule is COc1cc(CCNC(=O)NC(Cn2cnc3ccccc32)c2ccc(F)cc2)ccc1O. The molecule has 0 saturated carbocycles. The van der Waals surface area contributed by atoms with E-state index in [0.29, 0.717) is 25.3 Å². The monoisotopic (exact) mass is 448 g/mol. The minimum Gasteiger partial charge on any atom is -0.504 e. The van der Waals surface area contributed by atoms with E-state index in [1.807, 2.05) is 28.8 Å². The quantitative estimate of drug-likeness (QED) is 0.377. The predicted octanol–water partition coefficient (Wildman–Crippen LogP) is 4.17. The number of hydrogen-bond acceptors (Lipinski definition) is 4. The molecule has 0 saturated heterocycles. The largest absolute Gasteiger partial charge is 0.504 e. The Hall–Kier alpha value is -4.07. The highest BCUT2D eigenvalue weighted by Crippen LogP contribution is 2.26. The number of para-hydroxylation sites is 2. The molecule has 0 spiro atoms. The number of amides is 2. The average molecular weight is 448 g/mol. The molecule has 0 fully saturated rings. The number of phenolic OH excluding ortho intramolecular Hbond substituents is 1. The Morgan fingerprint density at radius 2 is 1.94 bits per heavy atom. The summed E-state index contributed by atoms with van der Waals surface area (Å²) in [4.78, 5) is 17.1. The van der Waals surface area contributed by atoms with Gasteiger partial charge in [-0.2, -0.15) is 0 Å². The van der Waals surface area contributed by atoms with Crippen LogP contribution in [0.25, 0.3) is 11.0 Å². The first-order chi connectivity index (χ1) is 16.0. The lowest BCUT2D eigenvalue weighted by Gasteiger charge is -2.21. The van der Waals surface area contributed by atoms with E-state index in [0.717, 1.165) is 22.2 Å². The molecule has 4 aromatic rings. The summed E-state index contributed by atoms with van der Waals surface area (Å²) in [5.74, 6) is 0.126. The van der Waals surface area contributed by atoms with Gasteiger partial charge in [0.2, 0.25) is 0 Å². The molecule has 0 radical (unpaired) electrons. The van der Waals surface area contributed by atoms with Gasteiger partial charge in [-0.25, -0.2) is 14.2 Å². The van der Waals surface area contributed by atoms with E-state index in [4.69, 9.17) is 4.74 Å². The number of carbonyl (C=O) groups excluding carboxylic acids is 1. The maximum absolute atomic E-state index is 13.5. The van der Waals surface area contributed by atoms with E-state index in [1.165, 1.54) is 19.2 Å². The Morgan fingerprint density at radius 1 is 1.15 bits per heavy atom. The molecule has 4 rings (SSSR count). The van der Waals surface area contributed by atoms with Gasteiger partial charge in [0.15, 0.2) is 11.5 Å². The molecule has 0 aliphatic heterocycles. The van der Waals surface area contributed by atoms with Crippen molar-refractivity contribution in [2.24, 2.45) is 0 Å². The fraction of sp³-hybridized carbons (Fsp3) is 0.200. The van der Waals surface area contributed by atoms with Gasteiger partial charge in [-0.15, -0.1) is 0 Å². The molecule has 1 unspecified atom stereocenters. The van der Waals surface area contributed by atoms with Crippen molar-refractivity contribution in [3.8, 4) is 11.5 Å². The van der Waals surface area contributed by atoms with E-state index in [-0.39, 0.29) is 17.6 Å². The van der Waals surface area contributed by atoms with E-state index >= 15 is 0 Å². The highest BCUT2D eigenvalue weighted by atomic mass is 19.1. The number of benzene rings is 3. The molecule has 2 amide bonds. The number of hydrogen-bond donors (Lipinski definition) is 3. The number of halogens is 1. The van der Waals surface area contributed by atoms with Crippen molar-refractivity contribution < 1.29 is 19.0 Å². The zero-order valence-corrected chi connectivity index (χ0v) is 18.2. The lowest BCUT2D eigenvalue weighted by molar-refractivity contribution is 0.236. The maximum atomic E-state index is 13.5. The number of methoxy groups -OCH3 is 1. The van der Waals surface area contributed by atoms with E-state index in [1.54, 1.807) is 36.7 Å². The molecule has 3 aromatic carbocycles. The number of rotatable bonds is 8. The molecule has 8 heteroatoms. The van der Waals surface area contributed by atoms with Crippen molar-refractivity contribution in [1.29, 1.82) is 0 Å². The minimum atomic E-state index is -0.392. The normalized spacial score (nSPS) is 11.8. The first kappa shape index (κ1) is 22.1. The number of ether oxygens (including phenoxy) is 1. The van der Waals surface area contributed by atoms with Crippen LogP contribution < -0.4 is 15.4 Å². The number of aromatic hydroxyl groups is 1. The Labute approximate surface area is 190 Å². The van der Waals surface area contributed by atoms with Crippen LogP contribution >= 0.6 is 0 Å². The first-order valence-electron chi connectivity index (χ1n) is 10.6. The highest BCUT2D eigenvalue weighted by Gasteiger charge is 2.17. The second-order valence-corrected chi connectivity index (χ2v) is 7.65. The van der Waals surface area contributed by atoms with Crippen LogP contribution in [0.15, 0.2) is 73.1 Å². The number of nitrogens with zero attached hydrogens (tertiary/aromatic N) is 2. The lowest BCUT2D eigenvalue weighted by Crippen LogP contribution is -2.40. The number of fused-ring (bicyclic) bond motifs is 1. The van der Waals surface area contributed by atoms with E-state index in [9.17, 15) is 14.3 Å². The molecule has 1 aromatic heterocycles. The van der Waals surface area contributed by atoms with Crippen LogP contribution in [0.1, 0.15) is 17.2 Å². The summed E-state index contributed by atoms with van der Waals surface area (Å²) >= 11 is 0. The average Bonchev–Trinajstić information content (AvgIpc) is 3.23.